The minimum Gasteiger partial charge on any atom is -0.393 e. The van der Waals surface area contributed by atoms with Crippen molar-refractivity contribution in [1.82, 2.24) is 4.90 Å². The summed E-state index contributed by atoms with van der Waals surface area (Å²) in [6.07, 6.45) is 0.253. The highest BCUT2D eigenvalue weighted by Gasteiger charge is 2.10. The van der Waals surface area contributed by atoms with E-state index in [9.17, 15) is 0 Å². The molecule has 2 unspecified atom stereocenters. The number of nitrogens with two attached hydrogens (primary N) is 1. The average Bonchev–Trinajstić information content (AvgIpc) is 2.03. The lowest BCUT2D eigenvalue weighted by Gasteiger charge is -2.23. The van der Waals surface area contributed by atoms with Gasteiger partial charge in [-0.15, -0.1) is 0 Å². The van der Waals surface area contributed by atoms with Crippen molar-refractivity contribution in [2.45, 2.75) is 20.0 Å². The molecule has 4 heteroatoms. The third-order valence-corrected chi connectivity index (χ3v) is 2.44. The molecule has 0 rings (SSSR count). The summed E-state index contributed by atoms with van der Waals surface area (Å²) in [6.45, 7) is 5.88. The summed E-state index contributed by atoms with van der Waals surface area (Å²) >= 11 is 4.90. The Bertz CT molecular complexity index is 164. The fourth-order valence-corrected chi connectivity index (χ4v) is 1.22. The van der Waals surface area contributed by atoms with E-state index in [1.54, 1.807) is 7.11 Å². The number of hydrogen-bond acceptors (Lipinski definition) is 3. The summed E-state index contributed by atoms with van der Waals surface area (Å²) in [5.41, 5.74) is 5.52. The normalized spacial score (nSPS) is 15.8. The first-order valence-electron chi connectivity index (χ1n) is 4.48. The largest absolute Gasteiger partial charge is 0.393 e. The highest BCUT2D eigenvalue weighted by molar-refractivity contribution is 7.80. The predicted molar refractivity (Wildman–Crippen MR) is 59.9 cm³/mol. The molecule has 0 saturated heterocycles. The molecule has 2 N–H and O–H groups in total. The Labute approximate surface area is 86.2 Å². The Morgan fingerprint density at radius 3 is 2.38 bits per heavy atom. The van der Waals surface area contributed by atoms with E-state index in [4.69, 9.17) is 22.7 Å². The van der Waals surface area contributed by atoms with Crippen molar-refractivity contribution < 1.29 is 4.74 Å². The maximum absolute atomic E-state index is 5.52. The van der Waals surface area contributed by atoms with Gasteiger partial charge < -0.3 is 15.4 Å². The number of thiocarbonyl (C=S) groups is 1. The standard InChI is InChI=1S/C9H20N2OS/c1-7(9(10)13)5-11(3)6-8(2)12-4/h7-8H,5-6H2,1-4H3,(H2,10,13). The molecular formula is C9H20N2OS. The van der Waals surface area contributed by atoms with E-state index in [0.29, 0.717) is 4.99 Å². The van der Waals surface area contributed by atoms with Crippen LogP contribution < -0.4 is 5.73 Å². The zero-order valence-electron chi connectivity index (χ0n) is 8.91. The molecule has 0 radical (unpaired) electrons. The maximum Gasteiger partial charge on any atom is 0.0768 e. The van der Waals surface area contributed by atoms with Crippen molar-refractivity contribution in [3.05, 3.63) is 0 Å². The van der Waals surface area contributed by atoms with E-state index in [1.807, 2.05) is 20.9 Å². The van der Waals surface area contributed by atoms with Gasteiger partial charge in [0.15, 0.2) is 0 Å². The second-order valence-electron chi connectivity index (χ2n) is 3.57. The molecular weight excluding hydrogens is 184 g/mol. The van der Waals surface area contributed by atoms with Crippen molar-refractivity contribution in [2.75, 3.05) is 27.2 Å². The molecule has 0 aliphatic carbocycles. The zero-order chi connectivity index (χ0) is 10.4. The predicted octanol–water partition coefficient (Wildman–Crippen LogP) is 0.875. The van der Waals surface area contributed by atoms with Gasteiger partial charge in [-0.05, 0) is 14.0 Å². The van der Waals surface area contributed by atoms with Gasteiger partial charge in [0, 0.05) is 26.1 Å². The molecule has 0 aliphatic heterocycles. The van der Waals surface area contributed by atoms with Crippen LogP contribution in [0.4, 0.5) is 0 Å². The lowest BCUT2D eigenvalue weighted by atomic mass is 10.1. The number of ether oxygens (including phenoxy) is 1. The third kappa shape index (κ3) is 5.96. The Morgan fingerprint density at radius 2 is 2.00 bits per heavy atom. The molecule has 78 valence electrons. The van der Waals surface area contributed by atoms with Gasteiger partial charge in [0.1, 0.15) is 0 Å². The summed E-state index contributed by atoms with van der Waals surface area (Å²) in [5, 5.41) is 0. The zero-order valence-corrected chi connectivity index (χ0v) is 9.73. The van der Waals surface area contributed by atoms with Crippen LogP contribution in [-0.4, -0.2) is 43.2 Å². The molecule has 13 heavy (non-hydrogen) atoms. The highest BCUT2D eigenvalue weighted by atomic mass is 32.1. The Balaban J connectivity index is 3.73. The van der Waals surface area contributed by atoms with Crippen LogP contribution in [0.2, 0.25) is 0 Å². The van der Waals surface area contributed by atoms with Crippen LogP contribution in [0.5, 0.6) is 0 Å². The van der Waals surface area contributed by atoms with Gasteiger partial charge in [-0.3, -0.25) is 0 Å². The number of methoxy groups -OCH3 is 1. The molecule has 0 amide bonds. The van der Waals surface area contributed by atoms with Gasteiger partial charge in [-0.2, -0.15) is 0 Å². The number of likely N-dealkylation sites (N-methyl/N-ethyl adjacent to an activating group) is 1. The molecule has 0 heterocycles. The van der Waals surface area contributed by atoms with Crippen LogP contribution in [0.15, 0.2) is 0 Å². The fraction of sp³-hybridized carbons (Fsp3) is 0.889. The van der Waals surface area contributed by atoms with Gasteiger partial charge in [-0.25, -0.2) is 0 Å². The summed E-state index contributed by atoms with van der Waals surface area (Å²) in [7, 11) is 3.76. The quantitative estimate of drug-likeness (QED) is 0.652. The van der Waals surface area contributed by atoms with Crippen LogP contribution in [-0.2, 0) is 4.74 Å². The van der Waals surface area contributed by atoms with Crippen LogP contribution in [0, 0.1) is 5.92 Å². The molecule has 0 bridgehead atoms. The Hall–Kier alpha value is -0.190. The second kappa shape index (κ2) is 6.29. The fourth-order valence-electron chi connectivity index (χ4n) is 1.15. The smallest absolute Gasteiger partial charge is 0.0768 e. The first-order chi connectivity index (χ1) is 5.97. The van der Waals surface area contributed by atoms with Crippen molar-refractivity contribution in [1.29, 1.82) is 0 Å². The molecule has 0 aromatic rings. The SMILES string of the molecule is COC(C)CN(C)CC(C)C(N)=S. The van der Waals surface area contributed by atoms with E-state index in [1.165, 1.54) is 0 Å². The lowest BCUT2D eigenvalue weighted by Crippen LogP contribution is -2.35. The van der Waals surface area contributed by atoms with Crippen molar-refractivity contribution in [2.24, 2.45) is 11.7 Å². The first kappa shape index (κ1) is 12.8. The highest BCUT2D eigenvalue weighted by Crippen LogP contribution is 2.00. The van der Waals surface area contributed by atoms with E-state index in [-0.39, 0.29) is 12.0 Å². The maximum atomic E-state index is 5.52. The first-order valence-corrected chi connectivity index (χ1v) is 4.88. The van der Waals surface area contributed by atoms with E-state index >= 15 is 0 Å². The van der Waals surface area contributed by atoms with Crippen molar-refractivity contribution >= 4 is 17.2 Å². The molecule has 3 nitrogen and oxygen atoms in total. The lowest BCUT2D eigenvalue weighted by molar-refractivity contribution is 0.0840. The number of hydrogen-bond donors (Lipinski definition) is 1. The molecule has 0 fully saturated rings. The molecule has 0 aliphatic rings. The van der Waals surface area contributed by atoms with Gasteiger partial charge in [0.2, 0.25) is 0 Å². The molecule has 0 spiro atoms. The summed E-state index contributed by atoms with van der Waals surface area (Å²) in [5.74, 6) is 0.268. The summed E-state index contributed by atoms with van der Waals surface area (Å²) in [6, 6.07) is 0. The number of rotatable bonds is 6. The van der Waals surface area contributed by atoms with Crippen LogP contribution in [0.25, 0.3) is 0 Å². The second-order valence-corrected chi connectivity index (χ2v) is 4.04. The van der Waals surface area contributed by atoms with Crippen LogP contribution >= 0.6 is 12.2 Å². The molecule has 0 aromatic heterocycles. The van der Waals surface area contributed by atoms with Crippen LogP contribution in [0.3, 0.4) is 0 Å². The Morgan fingerprint density at radius 1 is 1.46 bits per heavy atom. The van der Waals surface area contributed by atoms with Gasteiger partial charge in [0.05, 0.1) is 11.1 Å². The van der Waals surface area contributed by atoms with E-state index < -0.39 is 0 Å². The molecule has 0 saturated carbocycles. The van der Waals surface area contributed by atoms with Crippen molar-refractivity contribution in [3.8, 4) is 0 Å². The van der Waals surface area contributed by atoms with Gasteiger partial charge in [-0.1, -0.05) is 19.1 Å². The molecule has 0 aromatic carbocycles. The number of nitrogens with zero attached hydrogens (tertiary/aromatic N) is 1. The van der Waals surface area contributed by atoms with E-state index in [0.717, 1.165) is 13.1 Å². The van der Waals surface area contributed by atoms with Gasteiger partial charge in [0.25, 0.3) is 0 Å². The third-order valence-electron chi connectivity index (χ3n) is 2.04. The van der Waals surface area contributed by atoms with Crippen LogP contribution in [0.1, 0.15) is 13.8 Å². The minimum absolute atomic E-state index is 0.253. The van der Waals surface area contributed by atoms with E-state index in [2.05, 4.69) is 4.90 Å². The average molecular weight is 204 g/mol. The monoisotopic (exact) mass is 204 g/mol. The minimum atomic E-state index is 0.253. The van der Waals surface area contributed by atoms with Gasteiger partial charge >= 0.3 is 0 Å². The Kier molecular flexibility index (Phi) is 6.20. The van der Waals surface area contributed by atoms with Crippen molar-refractivity contribution in [3.63, 3.8) is 0 Å². The summed E-state index contributed by atoms with van der Waals surface area (Å²) < 4.78 is 5.16. The summed E-state index contributed by atoms with van der Waals surface area (Å²) in [4.78, 5) is 2.76. The topological polar surface area (TPSA) is 38.5 Å². The molecule has 2 atom stereocenters.